The molecule has 6 heteroatoms. The molecule has 4 rings (SSSR count). The van der Waals surface area contributed by atoms with Crippen LogP contribution in [0.3, 0.4) is 0 Å². The van der Waals surface area contributed by atoms with E-state index in [0.717, 1.165) is 47.0 Å². The Labute approximate surface area is 191 Å². The van der Waals surface area contributed by atoms with Crippen LogP contribution in [0.5, 0.6) is 0 Å². The van der Waals surface area contributed by atoms with Crippen molar-refractivity contribution in [3.8, 4) is 22.5 Å². The second-order valence-corrected chi connectivity index (χ2v) is 14.5. The van der Waals surface area contributed by atoms with E-state index in [-0.39, 0.29) is 5.04 Å². The fraction of sp³-hybridized carbons (Fsp3) is 0.308. The Morgan fingerprint density at radius 3 is 2.38 bits per heavy atom. The lowest BCUT2D eigenvalue weighted by Gasteiger charge is -2.36. The quantitative estimate of drug-likeness (QED) is 0.305. The van der Waals surface area contributed by atoms with Gasteiger partial charge in [0.05, 0.1) is 11.9 Å². The van der Waals surface area contributed by atoms with Crippen LogP contribution >= 0.6 is 0 Å². The van der Waals surface area contributed by atoms with Gasteiger partial charge in [-0.05, 0) is 47.8 Å². The lowest BCUT2D eigenvalue weighted by atomic mass is 10.0. The van der Waals surface area contributed by atoms with Crippen LogP contribution in [-0.2, 0) is 10.8 Å². The Hall–Kier alpha value is -2.96. The van der Waals surface area contributed by atoms with E-state index < -0.39 is 8.32 Å². The molecule has 2 heterocycles. The van der Waals surface area contributed by atoms with E-state index in [1.54, 1.807) is 6.33 Å². The van der Waals surface area contributed by atoms with Crippen molar-refractivity contribution in [1.29, 1.82) is 0 Å². The summed E-state index contributed by atoms with van der Waals surface area (Å²) in [6, 6.07) is 18.8. The molecule has 0 amide bonds. The van der Waals surface area contributed by atoms with Crippen LogP contribution < -0.4 is 5.32 Å². The number of nitrogens with one attached hydrogen (secondary N) is 2. The van der Waals surface area contributed by atoms with Gasteiger partial charge in [-0.2, -0.15) is 0 Å². The molecule has 0 aliphatic carbocycles. The topological polar surface area (TPSA) is 62.8 Å². The maximum atomic E-state index is 6.32. The van der Waals surface area contributed by atoms with E-state index in [0.29, 0.717) is 0 Å². The molecule has 0 bridgehead atoms. The molecule has 0 saturated heterocycles. The van der Waals surface area contributed by atoms with Crippen molar-refractivity contribution in [3.63, 3.8) is 0 Å². The van der Waals surface area contributed by atoms with E-state index in [1.165, 1.54) is 5.56 Å². The number of hydrogen-bond donors (Lipinski definition) is 2. The fourth-order valence-electron chi connectivity index (χ4n) is 3.42. The molecule has 0 radical (unpaired) electrons. The summed E-state index contributed by atoms with van der Waals surface area (Å²) in [5, 5.41) is 3.71. The van der Waals surface area contributed by atoms with Crippen molar-refractivity contribution in [3.05, 3.63) is 72.7 Å². The van der Waals surface area contributed by atoms with E-state index in [9.17, 15) is 0 Å². The summed E-state index contributed by atoms with van der Waals surface area (Å²) in [7, 11) is -1.70. The standard InChI is InChI=1S/C26H32N4OSi/c1-26(2,3)32(4,5)31-16-15-19-11-13-21(14-12-19)30-25-23-22(20-9-7-6-8-10-20)17-27-24(23)28-18-29-25/h6-14,17-18H,15-16H2,1-5H3,(H2,27,28,29,30). The molecule has 5 nitrogen and oxygen atoms in total. The number of aromatic amines is 1. The van der Waals surface area contributed by atoms with Crippen LogP contribution in [0.15, 0.2) is 67.1 Å². The zero-order valence-corrected chi connectivity index (χ0v) is 20.6. The highest BCUT2D eigenvalue weighted by atomic mass is 28.4. The molecule has 0 fully saturated rings. The fourth-order valence-corrected chi connectivity index (χ4v) is 4.47. The largest absolute Gasteiger partial charge is 0.416 e. The average Bonchev–Trinajstić information content (AvgIpc) is 3.20. The van der Waals surface area contributed by atoms with Crippen LogP contribution in [0.1, 0.15) is 26.3 Å². The molecule has 166 valence electrons. The maximum Gasteiger partial charge on any atom is 0.191 e. The van der Waals surface area contributed by atoms with Gasteiger partial charge in [0.15, 0.2) is 8.32 Å². The van der Waals surface area contributed by atoms with Gasteiger partial charge >= 0.3 is 0 Å². The summed E-state index contributed by atoms with van der Waals surface area (Å²) in [5.41, 5.74) is 5.45. The lowest BCUT2D eigenvalue weighted by Crippen LogP contribution is -2.41. The molecule has 0 atom stereocenters. The van der Waals surface area contributed by atoms with Gasteiger partial charge in [-0.3, -0.25) is 0 Å². The van der Waals surface area contributed by atoms with Crippen LogP contribution in [0.2, 0.25) is 18.1 Å². The van der Waals surface area contributed by atoms with Crippen molar-refractivity contribution in [2.24, 2.45) is 0 Å². The van der Waals surface area contributed by atoms with E-state index in [4.69, 9.17) is 4.43 Å². The SMILES string of the molecule is CC(C)(C)[Si](C)(C)OCCc1ccc(Nc2nc[nH]c3ncc(-c4ccccc4)c2-3)cc1. The second-order valence-electron chi connectivity index (χ2n) is 9.69. The first-order chi connectivity index (χ1) is 15.2. The number of H-pyrrole nitrogens is 1. The van der Waals surface area contributed by atoms with Crippen molar-refractivity contribution in [2.75, 3.05) is 11.9 Å². The maximum absolute atomic E-state index is 6.32. The Bertz CT molecular complexity index is 1130. The summed E-state index contributed by atoms with van der Waals surface area (Å²) < 4.78 is 6.32. The number of aromatic nitrogens is 3. The Morgan fingerprint density at radius 1 is 0.969 bits per heavy atom. The zero-order chi connectivity index (χ0) is 22.8. The molecule has 32 heavy (non-hydrogen) atoms. The van der Waals surface area contributed by atoms with Crippen molar-refractivity contribution < 1.29 is 4.43 Å². The predicted molar refractivity (Wildman–Crippen MR) is 135 cm³/mol. The molecule has 0 spiro atoms. The number of fused-ring (bicyclic) bond motifs is 1. The third-order valence-corrected chi connectivity index (χ3v) is 11.0. The molecule has 2 aliphatic rings. The van der Waals surface area contributed by atoms with E-state index >= 15 is 0 Å². The number of anilines is 2. The van der Waals surface area contributed by atoms with Gasteiger partial charge in [0.2, 0.25) is 0 Å². The Morgan fingerprint density at radius 2 is 1.69 bits per heavy atom. The smallest absolute Gasteiger partial charge is 0.191 e. The first-order valence-electron chi connectivity index (χ1n) is 11.1. The average molecular weight is 445 g/mol. The highest BCUT2D eigenvalue weighted by Crippen LogP contribution is 2.38. The van der Waals surface area contributed by atoms with E-state index in [1.807, 2.05) is 24.4 Å². The summed E-state index contributed by atoms with van der Waals surface area (Å²) in [5.74, 6) is 1.62. The lowest BCUT2D eigenvalue weighted by molar-refractivity contribution is 0.292. The van der Waals surface area contributed by atoms with Crippen LogP contribution in [-0.4, -0.2) is 29.9 Å². The van der Waals surface area contributed by atoms with E-state index in [2.05, 4.69) is 90.5 Å². The van der Waals surface area contributed by atoms with Gasteiger partial charge in [0.25, 0.3) is 0 Å². The second kappa shape index (κ2) is 8.88. The molecule has 2 aliphatic heterocycles. The minimum atomic E-state index is -1.70. The molecule has 2 aromatic carbocycles. The van der Waals surface area contributed by atoms with Gasteiger partial charge in [0.1, 0.15) is 11.6 Å². The first-order valence-corrected chi connectivity index (χ1v) is 14.0. The minimum Gasteiger partial charge on any atom is -0.416 e. The Kier molecular flexibility index (Phi) is 6.17. The van der Waals surface area contributed by atoms with Gasteiger partial charge in [-0.15, -0.1) is 0 Å². The predicted octanol–water partition coefficient (Wildman–Crippen LogP) is 6.88. The summed E-state index contributed by atoms with van der Waals surface area (Å²) >= 11 is 0. The van der Waals surface area contributed by atoms with Crippen LogP contribution in [0, 0.1) is 0 Å². The third-order valence-electron chi connectivity index (χ3n) is 6.42. The third kappa shape index (κ3) is 4.76. The Balaban J connectivity index is 1.47. The number of hydrogen-bond acceptors (Lipinski definition) is 4. The summed E-state index contributed by atoms with van der Waals surface area (Å²) in [6.07, 6.45) is 4.49. The zero-order valence-electron chi connectivity index (χ0n) is 19.6. The van der Waals surface area contributed by atoms with Crippen molar-refractivity contribution in [1.82, 2.24) is 15.0 Å². The molecule has 0 unspecified atom stereocenters. The van der Waals surface area contributed by atoms with Gasteiger partial charge in [0, 0.05) is 24.1 Å². The monoisotopic (exact) mass is 444 g/mol. The number of rotatable bonds is 7. The molecule has 0 aromatic heterocycles. The highest BCUT2D eigenvalue weighted by Gasteiger charge is 2.36. The van der Waals surface area contributed by atoms with Gasteiger partial charge in [-0.1, -0.05) is 63.2 Å². The van der Waals surface area contributed by atoms with Crippen LogP contribution in [0.25, 0.3) is 22.5 Å². The van der Waals surface area contributed by atoms with Crippen molar-refractivity contribution >= 4 is 19.8 Å². The molecule has 2 aromatic rings. The number of benzene rings is 2. The van der Waals surface area contributed by atoms with Crippen LogP contribution in [0.4, 0.5) is 11.5 Å². The first kappa shape index (κ1) is 22.2. The summed E-state index contributed by atoms with van der Waals surface area (Å²) in [4.78, 5) is 12.2. The molecule has 2 N–H and O–H groups in total. The summed E-state index contributed by atoms with van der Waals surface area (Å²) in [6.45, 7) is 12.2. The molecule has 0 saturated carbocycles. The van der Waals surface area contributed by atoms with Crippen molar-refractivity contribution in [2.45, 2.75) is 45.3 Å². The normalized spacial score (nSPS) is 12.3. The molecular weight excluding hydrogens is 412 g/mol. The minimum absolute atomic E-state index is 0.237. The molecular formula is C26H32N4OSi. The van der Waals surface area contributed by atoms with Gasteiger partial charge in [-0.25, -0.2) is 9.97 Å². The van der Waals surface area contributed by atoms with Gasteiger partial charge < -0.3 is 14.7 Å². The number of nitrogens with zero attached hydrogens (tertiary/aromatic N) is 2. The highest BCUT2D eigenvalue weighted by molar-refractivity contribution is 6.74.